The third-order valence-corrected chi connectivity index (χ3v) is 4.33. The van der Waals surface area contributed by atoms with Crippen LogP contribution in [0.1, 0.15) is 11.3 Å². The van der Waals surface area contributed by atoms with E-state index in [1.54, 1.807) is 32.4 Å². The van der Waals surface area contributed by atoms with E-state index >= 15 is 0 Å². The number of ether oxygens (including phenoxy) is 2. The number of methoxy groups -OCH3 is 2. The number of allylic oxidation sites excluding steroid dienone is 1. The summed E-state index contributed by atoms with van der Waals surface area (Å²) in [7, 11) is 3.14. The van der Waals surface area contributed by atoms with Crippen molar-refractivity contribution in [1.82, 2.24) is 0 Å². The van der Waals surface area contributed by atoms with Crippen LogP contribution in [0.3, 0.4) is 0 Å². The van der Waals surface area contributed by atoms with Crippen molar-refractivity contribution >= 4 is 27.6 Å². The van der Waals surface area contributed by atoms with Gasteiger partial charge in [0.25, 0.3) is 0 Å². The monoisotopic (exact) mass is 409 g/mol. The smallest absolute Gasteiger partial charge is 0.161 e. The molecule has 0 saturated carbocycles. The Morgan fingerprint density at radius 1 is 1.04 bits per heavy atom. The van der Waals surface area contributed by atoms with Crippen LogP contribution in [0, 0.1) is 11.3 Å². The van der Waals surface area contributed by atoms with Crippen molar-refractivity contribution in [2.24, 2.45) is 0 Å². The molecule has 0 saturated heterocycles. The van der Waals surface area contributed by atoms with Gasteiger partial charge in [0.2, 0.25) is 0 Å². The van der Waals surface area contributed by atoms with Gasteiger partial charge in [0.1, 0.15) is 11.5 Å². The molecule has 1 aromatic heterocycles. The maximum Gasteiger partial charge on any atom is 0.161 e. The summed E-state index contributed by atoms with van der Waals surface area (Å²) in [6, 6.07) is 19.1. The van der Waals surface area contributed by atoms with Gasteiger partial charge in [-0.3, -0.25) is 0 Å². The molecule has 0 spiro atoms. The molecular formula is C21H16BrNO3. The standard InChI is InChI=1S/C21H16BrNO3/c1-24-20-8-6-14(12-21(20)25-2)16(13-23)11-18-7-9-19(26-18)15-4-3-5-17(22)10-15/h3-12H,1-2H3. The largest absolute Gasteiger partial charge is 0.493 e. The number of hydrogen-bond donors (Lipinski definition) is 0. The lowest BCUT2D eigenvalue weighted by atomic mass is 10.1. The number of furan rings is 1. The van der Waals surface area contributed by atoms with E-state index < -0.39 is 0 Å². The molecule has 3 aromatic rings. The van der Waals surface area contributed by atoms with Gasteiger partial charge in [-0.25, -0.2) is 0 Å². The highest BCUT2D eigenvalue weighted by molar-refractivity contribution is 9.10. The lowest BCUT2D eigenvalue weighted by molar-refractivity contribution is 0.355. The summed E-state index contributed by atoms with van der Waals surface area (Å²) in [6.07, 6.45) is 1.71. The molecule has 130 valence electrons. The van der Waals surface area contributed by atoms with E-state index in [-0.39, 0.29) is 0 Å². The van der Waals surface area contributed by atoms with E-state index in [2.05, 4.69) is 22.0 Å². The first kappa shape index (κ1) is 17.8. The molecule has 4 nitrogen and oxygen atoms in total. The zero-order chi connectivity index (χ0) is 18.5. The molecule has 0 aliphatic rings. The number of halogens is 1. The van der Waals surface area contributed by atoms with Gasteiger partial charge in [-0.1, -0.05) is 28.1 Å². The minimum Gasteiger partial charge on any atom is -0.493 e. The summed E-state index contributed by atoms with van der Waals surface area (Å²) >= 11 is 3.45. The topological polar surface area (TPSA) is 55.4 Å². The van der Waals surface area contributed by atoms with Crippen LogP contribution in [-0.4, -0.2) is 14.2 Å². The Kier molecular flexibility index (Phi) is 5.45. The maximum absolute atomic E-state index is 9.55. The van der Waals surface area contributed by atoms with Crippen LogP contribution in [0.5, 0.6) is 11.5 Å². The van der Waals surface area contributed by atoms with Crippen molar-refractivity contribution in [2.45, 2.75) is 0 Å². The molecule has 0 unspecified atom stereocenters. The highest BCUT2D eigenvalue weighted by Crippen LogP contribution is 2.32. The van der Waals surface area contributed by atoms with Gasteiger partial charge in [-0.2, -0.15) is 5.26 Å². The minimum atomic E-state index is 0.473. The molecule has 0 radical (unpaired) electrons. The summed E-state index contributed by atoms with van der Waals surface area (Å²) in [5.41, 5.74) is 2.16. The van der Waals surface area contributed by atoms with Gasteiger partial charge in [-0.05, 0) is 54.1 Å². The average Bonchev–Trinajstić information content (AvgIpc) is 3.14. The molecule has 0 fully saturated rings. The molecule has 0 amide bonds. The molecule has 0 bridgehead atoms. The molecule has 0 aliphatic carbocycles. The van der Waals surface area contributed by atoms with E-state index in [1.807, 2.05) is 42.5 Å². The van der Waals surface area contributed by atoms with E-state index in [1.165, 1.54) is 0 Å². The summed E-state index contributed by atoms with van der Waals surface area (Å²) in [5.74, 6) is 2.53. The first-order chi connectivity index (χ1) is 12.6. The van der Waals surface area contributed by atoms with E-state index in [0.717, 1.165) is 21.4 Å². The molecule has 0 aliphatic heterocycles. The molecule has 2 aromatic carbocycles. The quantitative estimate of drug-likeness (QED) is 0.500. The molecule has 0 N–H and O–H groups in total. The zero-order valence-corrected chi connectivity index (χ0v) is 15.9. The first-order valence-corrected chi connectivity index (χ1v) is 8.64. The van der Waals surface area contributed by atoms with Crippen LogP contribution in [0.4, 0.5) is 0 Å². The summed E-state index contributed by atoms with van der Waals surface area (Å²) in [4.78, 5) is 0. The Labute approximate surface area is 160 Å². The Morgan fingerprint density at radius 2 is 1.85 bits per heavy atom. The van der Waals surface area contributed by atoms with Crippen LogP contribution in [-0.2, 0) is 0 Å². The molecule has 3 rings (SSSR count). The van der Waals surface area contributed by atoms with Crippen molar-refractivity contribution in [1.29, 1.82) is 5.26 Å². The third kappa shape index (κ3) is 3.81. The van der Waals surface area contributed by atoms with Gasteiger partial charge in [0.05, 0.1) is 25.9 Å². The second kappa shape index (κ2) is 7.94. The fraction of sp³-hybridized carbons (Fsp3) is 0.0952. The lowest BCUT2D eigenvalue weighted by Gasteiger charge is -2.08. The zero-order valence-electron chi connectivity index (χ0n) is 14.3. The number of rotatable bonds is 5. The molecular weight excluding hydrogens is 394 g/mol. The van der Waals surface area contributed by atoms with Crippen LogP contribution in [0.15, 0.2) is 63.5 Å². The average molecular weight is 410 g/mol. The second-order valence-corrected chi connectivity index (χ2v) is 6.37. The summed E-state index contributed by atoms with van der Waals surface area (Å²) < 4.78 is 17.4. The molecule has 26 heavy (non-hydrogen) atoms. The van der Waals surface area contributed by atoms with Crippen molar-refractivity contribution in [3.63, 3.8) is 0 Å². The van der Waals surface area contributed by atoms with Gasteiger partial charge in [0.15, 0.2) is 11.5 Å². The molecule has 1 heterocycles. The summed E-state index contributed by atoms with van der Waals surface area (Å²) in [6.45, 7) is 0. The highest BCUT2D eigenvalue weighted by Gasteiger charge is 2.10. The van der Waals surface area contributed by atoms with Gasteiger partial charge < -0.3 is 13.9 Å². The number of benzene rings is 2. The SMILES string of the molecule is COc1ccc(C(C#N)=Cc2ccc(-c3cccc(Br)c3)o2)cc1OC. The Balaban J connectivity index is 1.94. The minimum absolute atomic E-state index is 0.473. The van der Waals surface area contributed by atoms with Crippen LogP contribution in [0.25, 0.3) is 23.0 Å². The van der Waals surface area contributed by atoms with Gasteiger partial charge in [0, 0.05) is 10.0 Å². The number of nitrogens with zero attached hydrogens (tertiary/aromatic N) is 1. The highest BCUT2D eigenvalue weighted by atomic mass is 79.9. The van der Waals surface area contributed by atoms with Crippen LogP contribution in [0.2, 0.25) is 0 Å². The Morgan fingerprint density at radius 3 is 2.54 bits per heavy atom. The predicted octanol–water partition coefficient (Wildman–Crippen LogP) is 5.79. The van der Waals surface area contributed by atoms with Gasteiger partial charge >= 0.3 is 0 Å². The van der Waals surface area contributed by atoms with Crippen LogP contribution < -0.4 is 9.47 Å². The number of hydrogen-bond acceptors (Lipinski definition) is 4. The van der Waals surface area contributed by atoms with Crippen molar-refractivity contribution in [3.8, 4) is 28.9 Å². The second-order valence-electron chi connectivity index (χ2n) is 5.45. The number of nitriles is 1. The van der Waals surface area contributed by atoms with E-state index in [4.69, 9.17) is 13.9 Å². The van der Waals surface area contributed by atoms with Gasteiger partial charge in [-0.15, -0.1) is 0 Å². The predicted molar refractivity (Wildman–Crippen MR) is 105 cm³/mol. The third-order valence-electron chi connectivity index (χ3n) is 3.84. The molecule has 5 heteroatoms. The van der Waals surface area contributed by atoms with Crippen LogP contribution >= 0.6 is 15.9 Å². The summed E-state index contributed by atoms with van der Waals surface area (Å²) in [5, 5.41) is 9.55. The van der Waals surface area contributed by atoms with Crippen molar-refractivity contribution in [2.75, 3.05) is 14.2 Å². The maximum atomic E-state index is 9.55. The van der Waals surface area contributed by atoms with Crippen molar-refractivity contribution < 1.29 is 13.9 Å². The van der Waals surface area contributed by atoms with Crippen molar-refractivity contribution in [3.05, 3.63) is 70.4 Å². The fourth-order valence-electron chi connectivity index (χ4n) is 2.55. The van der Waals surface area contributed by atoms with E-state index in [0.29, 0.717) is 22.8 Å². The Hall–Kier alpha value is -2.97. The fourth-order valence-corrected chi connectivity index (χ4v) is 2.95. The normalized spacial score (nSPS) is 11.1. The lowest BCUT2D eigenvalue weighted by Crippen LogP contribution is -1.92. The van der Waals surface area contributed by atoms with E-state index in [9.17, 15) is 5.26 Å². The first-order valence-electron chi connectivity index (χ1n) is 7.84. The Bertz CT molecular complexity index is 998. The molecule has 0 atom stereocenters.